The van der Waals surface area contributed by atoms with Gasteiger partial charge >= 0.3 is 0 Å². The molecule has 104 valence electrons. The van der Waals surface area contributed by atoms with E-state index in [0.29, 0.717) is 17.5 Å². The highest BCUT2D eigenvalue weighted by atomic mass is 79.9. The molecule has 4 nitrogen and oxygen atoms in total. The van der Waals surface area contributed by atoms with Crippen molar-refractivity contribution in [3.8, 4) is 0 Å². The number of hydrogen-bond donors (Lipinski definition) is 1. The highest BCUT2D eigenvalue weighted by Crippen LogP contribution is 2.29. The molecule has 5 heteroatoms. The van der Waals surface area contributed by atoms with Crippen molar-refractivity contribution < 1.29 is 9.21 Å². The summed E-state index contributed by atoms with van der Waals surface area (Å²) < 4.78 is 6.25. The summed E-state index contributed by atoms with van der Waals surface area (Å²) >= 11 is 3.43. The average molecular weight is 335 g/mol. The van der Waals surface area contributed by atoms with Crippen LogP contribution in [0.5, 0.6) is 0 Å². The molecule has 2 unspecified atom stereocenters. The maximum Gasteiger partial charge on any atom is 0.251 e. The van der Waals surface area contributed by atoms with E-state index in [1.807, 2.05) is 18.2 Å². The van der Waals surface area contributed by atoms with Gasteiger partial charge in [0, 0.05) is 30.1 Å². The predicted molar refractivity (Wildman–Crippen MR) is 79.7 cm³/mol. The molecule has 1 aromatic heterocycles. The topological polar surface area (TPSA) is 45.5 Å². The van der Waals surface area contributed by atoms with E-state index in [4.69, 9.17) is 4.42 Å². The number of halogens is 1. The molecule has 0 radical (unpaired) electrons. The van der Waals surface area contributed by atoms with Gasteiger partial charge in [0.2, 0.25) is 0 Å². The zero-order chi connectivity index (χ0) is 13.7. The molecule has 2 fully saturated rings. The molecule has 0 spiro atoms. The van der Waals surface area contributed by atoms with Gasteiger partial charge in [-0.25, -0.2) is 0 Å². The fraction of sp³-hybridized carbons (Fsp3) is 0.400. The van der Waals surface area contributed by atoms with Crippen LogP contribution in [0.2, 0.25) is 0 Å². The lowest BCUT2D eigenvalue weighted by atomic mass is 9.99. The van der Waals surface area contributed by atoms with E-state index in [1.54, 1.807) is 6.26 Å². The van der Waals surface area contributed by atoms with Crippen molar-refractivity contribution in [1.29, 1.82) is 0 Å². The molecule has 3 heterocycles. The zero-order valence-corrected chi connectivity index (χ0v) is 12.5. The van der Waals surface area contributed by atoms with E-state index in [-0.39, 0.29) is 5.91 Å². The Morgan fingerprint density at radius 2 is 2.30 bits per heavy atom. The molecular weight excluding hydrogens is 320 g/mol. The van der Waals surface area contributed by atoms with Gasteiger partial charge in [-0.05, 0) is 53.0 Å². The molecule has 2 bridgehead atoms. The smallest absolute Gasteiger partial charge is 0.251 e. The van der Waals surface area contributed by atoms with Crippen LogP contribution < -0.4 is 5.32 Å². The molecule has 1 aromatic carbocycles. The predicted octanol–water partition coefficient (Wildman–Crippen LogP) is 2.63. The summed E-state index contributed by atoms with van der Waals surface area (Å²) in [6, 6.07) is 5.85. The lowest BCUT2D eigenvalue weighted by molar-refractivity contribution is 0.0924. The Bertz CT molecular complexity index is 682. The molecule has 2 aromatic rings. The van der Waals surface area contributed by atoms with Gasteiger partial charge in [0.1, 0.15) is 11.8 Å². The first-order valence-electron chi connectivity index (χ1n) is 6.91. The Morgan fingerprint density at radius 1 is 1.40 bits per heavy atom. The van der Waals surface area contributed by atoms with Crippen molar-refractivity contribution in [3.05, 3.63) is 34.5 Å². The number of nitrogens with one attached hydrogen (secondary N) is 1. The first-order chi connectivity index (χ1) is 9.70. The Hall–Kier alpha value is -1.33. The fourth-order valence-electron chi connectivity index (χ4n) is 3.34. The first-order valence-corrected chi connectivity index (χ1v) is 7.70. The molecule has 20 heavy (non-hydrogen) atoms. The van der Waals surface area contributed by atoms with Gasteiger partial charge in [0.15, 0.2) is 0 Å². The van der Waals surface area contributed by atoms with Gasteiger partial charge in [-0.2, -0.15) is 0 Å². The van der Waals surface area contributed by atoms with Gasteiger partial charge in [0.05, 0.1) is 4.47 Å². The Labute approximate surface area is 125 Å². The second-order valence-electron chi connectivity index (χ2n) is 5.68. The van der Waals surface area contributed by atoms with E-state index in [9.17, 15) is 4.79 Å². The standard InChI is InChI=1S/C15H15BrN2O2/c16-12-8-20-14-2-1-9(5-11(12)14)15(19)17-13-7-18-4-3-10(13)6-18/h1-2,5,8,10,13H,3-4,6-7H2,(H,17,19)/t10-,13?/m1/s1. The average Bonchev–Trinajstić information content (AvgIpc) is 3.15. The van der Waals surface area contributed by atoms with Crippen molar-refractivity contribution >= 4 is 32.8 Å². The molecule has 2 saturated heterocycles. The number of hydrogen-bond acceptors (Lipinski definition) is 3. The molecule has 4 rings (SSSR count). The molecule has 0 aliphatic carbocycles. The molecule has 1 N–H and O–H groups in total. The molecular formula is C15H15BrN2O2. The van der Waals surface area contributed by atoms with Gasteiger partial charge in [-0.3, -0.25) is 4.79 Å². The summed E-state index contributed by atoms with van der Waals surface area (Å²) in [5, 5.41) is 4.12. The van der Waals surface area contributed by atoms with Crippen LogP contribution in [0.3, 0.4) is 0 Å². The quantitative estimate of drug-likeness (QED) is 0.918. The minimum atomic E-state index is 0.0127. The second-order valence-corrected chi connectivity index (χ2v) is 6.54. The minimum absolute atomic E-state index is 0.0127. The highest BCUT2D eigenvalue weighted by Gasteiger charge is 2.38. The third kappa shape index (κ3) is 1.96. The highest BCUT2D eigenvalue weighted by molar-refractivity contribution is 9.10. The SMILES string of the molecule is O=C(NC1CN2CC[C@@H]1C2)c1ccc2occ(Br)c2c1. The first kappa shape index (κ1) is 12.4. The van der Waals surface area contributed by atoms with Gasteiger partial charge in [0.25, 0.3) is 5.91 Å². The van der Waals surface area contributed by atoms with Crippen LogP contribution in [0.25, 0.3) is 11.0 Å². The van der Waals surface area contributed by atoms with Crippen LogP contribution in [0.4, 0.5) is 0 Å². The summed E-state index contributed by atoms with van der Waals surface area (Å²) in [6.07, 6.45) is 2.85. The minimum Gasteiger partial charge on any atom is -0.463 e. The van der Waals surface area contributed by atoms with Gasteiger partial charge in [-0.15, -0.1) is 0 Å². The number of rotatable bonds is 2. The number of carbonyl (C=O) groups is 1. The number of carbonyl (C=O) groups excluding carboxylic acids is 1. The summed E-state index contributed by atoms with van der Waals surface area (Å²) in [7, 11) is 0. The van der Waals surface area contributed by atoms with Crippen molar-refractivity contribution in [2.75, 3.05) is 19.6 Å². The second kappa shape index (κ2) is 4.60. The van der Waals surface area contributed by atoms with Gasteiger partial charge < -0.3 is 14.6 Å². The van der Waals surface area contributed by atoms with E-state index in [0.717, 1.165) is 28.5 Å². The molecule has 1 amide bonds. The summed E-state index contributed by atoms with van der Waals surface area (Å²) in [5.41, 5.74) is 1.48. The number of fused-ring (bicyclic) bond motifs is 3. The maximum absolute atomic E-state index is 12.4. The largest absolute Gasteiger partial charge is 0.463 e. The third-order valence-corrected chi connectivity index (χ3v) is 5.05. The Balaban J connectivity index is 1.56. The number of furan rings is 1. The summed E-state index contributed by atoms with van der Waals surface area (Å²) in [6.45, 7) is 3.32. The molecule has 2 aliphatic heterocycles. The molecule has 0 saturated carbocycles. The summed E-state index contributed by atoms with van der Waals surface area (Å²) in [5.74, 6) is 0.641. The van der Waals surface area contributed by atoms with Gasteiger partial charge in [-0.1, -0.05) is 0 Å². The van der Waals surface area contributed by atoms with E-state index >= 15 is 0 Å². The third-order valence-electron chi connectivity index (χ3n) is 4.44. The molecule has 3 atom stereocenters. The number of piperidine rings is 1. The van der Waals surface area contributed by atoms with Crippen LogP contribution in [0.15, 0.2) is 33.4 Å². The maximum atomic E-state index is 12.4. The van der Waals surface area contributed by atoms with Crippen LogP contribution >= 0.6 is 15.9 Å². The van der Waals surface area contributed by atoms with Crippen molar-refractivity contribution in [2.24, 2.45) is 5.92 Å². The van der Waals surface area contributed by atoms with Crippen molar-refractivity contribution in [2.45, 2.75) is 12.5 Å². The van der Waals surface area contributed by atoms with Crippen LogP contribution in [0, 0.1) is 5.92 Å². The number of benzene rings is 1. The Morgan fingerprint density at radius 3 is 3.05 bits per heavy atom. The Kier molecular flexibility index (Phi) is 2.86. The fourth-order valence-corrected chi connectivity index (χ4v) is 3.74. The number of amides is 1. The van der Waals surface area contributed by atoms with E-state index < -0.39 is 0 Å². The normalized spacial score (nSPS) is 28.1. The van der Waals surface area contributed by atoms with Crippen LogP contribution in [-0.4, -0.2) is 36.5 Å². The van der Waals surface area contributed by atoms with Crippen LogP contribution in [-0.2, 0) is 0 Å². The van der Waals surface area contributed by atoms with Crippen molar-refractivity contribution in [1.82, 2.24) is 10.2 Å². The van der Waals surface area contributed by atoms with Crippen LogP contribution in [0.1, 0.15) is 16.8 Å². The molecule has 2 aliphatic rings. The lowest BCUT2D eigenvalue weighted by Crippen LogP contribution is -2.43. The van der Waals surface area contributed by atoms with Crippen molar-refractivity contribution in [3.63, 3.8) is 0 Å². The lowest BCUT2D eigenvalue weighted by Gasteiger charge is -2.23. The monoisotopic (exact) mass is 334 g/mol. The zero-order valence-electron chi connectivity index (χ0n) is 10.9. The number of nitrogens with zero attached hydrogens (tertiary/aromatic N) is 1. The van der Waals surface area contributed by atoms with E-state index in [2.05, 4.69) is 26.1 Å². The van der Waals surface area contributed by atoms with E-state index in [1.165, 1.54) is 13.0 Å². The summed E-state index contributed by atoms with van der Waals surface area (Å²) in [4.78, 5) is 14.8.